The Morgan fingerprint density at radius 1 is 1.25 bits per heavy atom. The van der Waals surface area contributed by atoms with Gasteiger partial charge in [-0.25, -0.2) is 4.79 Å². The fourth-order valence-electron chi connectivity index (χ4n) is 3.57. The molecule has 1 unspecified atom stereocenters. The van der Waals surface area contributed by atoms with Crippen molar-refractivity contribution in [3.8, 4) is 0 Å². The summed E-state index contributed by atoms with van der Waals surface area (Å²) in [6, 6.07) is 0. The number of carbonyl (C=O) groups excluding carboxylic acids is 1. The van der Waals surface area contributed by atoms with E-state index < -0.39 is 5.60 Å². The molecule has 2 nitrogen and oxygen atoms in total. The normalized spacial score (nSPS) is 16.0. The van der Waals surface area contributed by atoms with Gasteiger partial charge in [0.15, 0.2) is 0 Å². The van der Waals surface area contributed by atoms with Crippen molar-refractivity contribution in [1.82, 2.24) is 0 Å². The number of hydrogen-bond donors (Lipinski definition) is 0. The number of allylic oxidation sites excluding steroid dienone is 6. The zero-order chi connectivity index (χ0) is 21.3. The first kappa shape index (κ1) is 24.2. The topological polar surface area (TPSA) is 26.3 Å². The third-order valence-corrected chi connectivity index (χ3v) is 5.12. The first-order valence-electron chi connectivity index (χ1n) is 10.6. The van der Waals surface area contributed by atoms with Crippen LogP contribution in [-0.4, -0.2) is 11.6 Å². The van der Waals surface area contributed by atoms with Crippen LogP contribution >= 0.6 is 0 Å². The molecular formula is C26H40O2. The van der Waals surface area contributed by atoms with Gasteiger partial charge in [0.1, 0.15) is 5.60 Å². The van der Waals surface area contributed by atoms with Crippen LogP contribution in [0.5, 0.6) is 0 Å². The van der Waals surface area contributed by atoms with Crippen molar-refractivity contribution in [3.05, 3.63) is 59.8 Å². The zero-order valence-corrected chi connectivity index (χ0v) is 18.8. The Labute approximate surface area is 173 Å². The Bertz CT molecular complexity index is 652. The SMILES string of the molecule is C=C1CC=CC(CC(CCCC(=C)C(=O)OC(C)(C)C)C(=C)CCC)=C(C)C1. The molecule has 2 heteroatoms. The highest BCUT2D eigenvalue weighted by Crippen LogP contribution is 2.32. The maximum atomic E-state index is 12.1. The van der Waals surface area contributed by atoms with Gasteiger partial charge in [0, 0.05) is 5.57 Å². The molecule has 0 N–H and O–H groups in total. The van der Waals surface area contributed by atoms with Crippen LogP contribution in [0.1, 0.15) is 86.0 Å². The quantitative estimate of drug-likeness (QED) is 0.220. The average molecular weight is 385 g/mol. The Kier molecular flexibility index (Phi) is 9.72. The van der Waals surface area contributed by atoms with E-state index in [1.165, 1.54) is 22.3 Å². The van der Waals surface area contributed by atoms with E-state index in [0.29, 0.717) is 17.9 Å². The molecule has 1 aliphatic carbocycles. The number of esters is 1. The lowest BCUT2D eigenvalue weighted by Crippen LogP contribution is -2.24. The number of rotatable bonds is 10. The van der Waals surface area contributed by atoms with E-state index in [2.05, 4.69) is 45.7 Å². The fraction of sp³-hybridized carbons (Fsp3) is 0.577. The molecule has 0 bridgehead atoms. The summed E-state index contributed by atoms with van der Waals surface area (Å²) in [7, 11) is 0. The Morgan fingerprint density at radius 3 is 2.54 bits per heavy atom. The summed E-state index contributed by atoms with van der Waals surface area (Å²) in [5.41, 5.74) is 5.54. The molecule has 1 rings (SSSR count). The van der Waals surface area contributed by atoms with Gasteiger partial charge >= 0.3 is 5.97 Å². The van der Waals surface area contributed by atoms with Gasteiger partial charge in [-0.2, -0.15) is 0 Å². The number of ether oxygens (including phenoxy) is 1. The maximum absolute atomic E-state index is 12.1. The van der Waals surface area contributed by atoms with E-state index in [-0.39, 0.29) is 5.97 Å². The van der Waals surface area contributed by atoms with Crippen molar-refractivity contribution in [2.45, 2.75) is 91.6 Å². The molecule has 0 heterocycles. The zero-order valence-electron chi connectivity index (χ0n) is 18.8. The Morgan fingerprint density at radius 2 is 1.93 bits per heavy atom. The van der Waals surface area contributed by atoms with Crippen LogP contribution in [0.3, 0.4) is 0 Å². The molecule has 0 spiro atoms. The Hall–Kier alpha value is -1.83. The third kappa shape index (κ3) is 8.91. The van der Waals surface area contributed by atoms with Gasteiger partial charge in [-0.1, -0.05) is 62.0 Å². The van der Waals surface area contributed by atoms with Crippen LogP contribution in [-0.2, 0) is 9.53 Å². The molecule has 0 amide bonds. The van der Waals surface area contributed by atoms with E-state index in [1.807, 2.05) is 20.8 Å². The van der Waals surface area contributed by atoms with Crippen LogP contribution in [0.2, 0.25) is 0 Å². The van der Waals surface area contributed by atoms with Crippen molar-refractivity contribution in [2.75, 3.05) is 0 Å². The minimum absolute atomic E-state index is 0.278. The highest BCUT2D eigenvalue weighted by molar-refractivity contribution is 5.87. The van der Waals surface area contributed by atoms with E-state index in [4.69, 9.17) is 4.74 Å². The third-order valence-electron chi connectivity index (χ3n) is 5.12. The van der Waals surface area contributed by atoms with E-state index in [1.54, 1.807) is 0 Å². The summed E-state index contributed by atoms with van der Waals surface area (Å²) < 4.78 is 5.42. The standard InChI is InChI=1S/C26H40O2/c1-9-12-20(3)23(18-24-15-10-13-19(2)17-22(24)5)16-11-14-21(4)25(27)28-26(6,7)8/h10,15,23H,2-4,9,11-14,16-18H2,1,5-8H3. The molecule has 0 aliphatic heterocycles. The molecule has 0 fully saturated rings. The van der Waals surface area contributed by atoms with Crippen LogP contribution in [0.4, 0.5) is 0 Å². The van der Waals surface area contributed by atoms with Crippen molar-refractivity contribution >= 4 is 5.97 Å². The summed E-state index contributed by atoms with van der Waals surface area (Å²) >= 11 is 0. The molecule has 0 saturated carbocycles. The van der Waals surface area contributed by atoms with Gasteiger partial charge in [-0.05, 0) is 84.1 Å². The van der Waals surface area contributed by atoms with Gasteiger partial charge in [0.05, 0.1) is 0 Å². The molecule has 0 radical (unpaired) electrons. The molecule has 156 valence electrons. The molecule has 1 atom stereocenters. The van der Waals surface area contributed by atoms with Crippen molar-refractivity contribution < 1.29 is 9.53 Å². The molecular weight excluding hydrogens is 344 g/mol. The minimum Gasteiger partial charge on any atom is -0.457 e. The molecule has 0 saturated heterocycles. The van der Waals surface area contributed by atoms with Crippen molar-refractivity contribution in [1.29, 1.82) is 0 Å². The molecule has 0 aromatic carbocycles. The maximum Gasteiger partial charge on any atom is 0.333 e. The second kappa shape index (κ2) is 11.2. The van der Waals surface area contributed by atoms with E-state index in [9.17, 15) is 4.79 Å². The first-order valence-corrected chi connectivity index (χ1v) is 10.6. The lowest BCUT2D eigenvalue weighted by molar-refractivity contribution is -0.150. The van der Waals surface area contributed by atoms with Crippen molar-refractivity contribution in [3.63, 3.8) is 0 Å². The second-order valence-electron chi connectivity index (χ2n) is 9.15. The highest BCUT2D eigenvalue weighted by Gasteiger charge is 2.20. The minimum atomic E-state index is -0.474. The van der Waals surface area contributed by atoms with Crippen molar-refractivity contribution in [2.24, 2.45) is 5.92 Å². The second-order valence-corrected chi connectivity index (χ2v) is 9.15. The molecule has 0 aromatic heterocycles. The summed E-state index contributed by atoms with van der Waals surface area (Å²) in [4.78, 5) is 12.1. The molecule has 28 heavy (non-hydrogen) atoms. The lowest BCUT2D eigenvalue weighted by atomic mass is 9.84. The van der Waals surface area contributed by atoms with Gasteiger partial charge in [-0.3, -0.25) is 0 Å². The monoisotopic (exact) mass is 384 g/mol. The summed E-state index contributed by atoms with van der Waals surface area (Å²) in [6.45, 7) is 22.5. The fourth-order valence-corrected chi connectivity index (χ4v) is 3.57. The summed E-state index contributed by atoms with van der Waals surface area (Å²) in [6.07, 6.45) is 12.3. The van der Waals surface area contributed by atoms with Crippen LogP contribution in [0.25, 0.3) is 0 Å². The predicted octanol–water partition coefficient (Wildman–Crippen LogP) is 7.64. The Balaban J connectivity index is 2.72. The van der Waals surface area contributed by atoms with Gasteiger partial charge in [0.2, 0.25) is 0 Å². The van der Waals surface area contributed by atoms with Crippen LogP contribution < -0.4 is 0 Å². The van der Waals surface area contributed by atoms with Gasteiger partial charge < -0.3 is 4.74 Å². The van der Waals surface area contributed by atoms with Crippen LogP contribution in [0, 0.1) is 5.92 Å². The molecule has 0 aromatic rings. The predicted molar refractivity (Wildman–Crippen MR) is 121 cm³/mol. The van der Waals surface area contributed by atoms with E-state index >= 15 is 0 Å². The van der Waals surface area contributed by atoms with E-state index in [0.717, 1.165) is 44.9 Å². The van der Waals surface area contributed by atoms with Crippen LogP contribution in [0.15, 0.2) is 59.8 Å². The van der Waals surface area contributed by atoms with Gasteiger partial charge in [-0.15, -0.1) is 0 Å². The first-order chi connectivity index (χ1) is 13.0. The summed E-state index contributed by atoms with van der Waals surface area (Å²) in [5, 5.41) is 0. The average Bonchev–Trinajstić information content (AvgIpc) is 2.72. The highest BCUT2D eigenvalue weighted by atomic mass is 16.6. The lowest BCUT2D eigenvalue weighted by Gasteiger charge is -2.22. The smallest absolute Gasteiger partial charge is 0.333 e. The molecule has 1 aliphatic rings. The van der Waals surface area contributed by atoms with Gasteiger partial charge in [0.25, 0.3) is 0 Å². The summed E-state index contributed by atoms with van der Waals surface area (Å²) in [5.74, 6) is 0.160. The number of hydrogen-bond acceptors (Lipinski definition) is 2. The number of carbonyl (C=O) groups is 1. The largest absolute Gasteiger partial charge is 0.457 e.